The summed E-state index contributed by atoms with van der Waals surface area (Å²) in [5, 5.41) is 29.3. The summed E-state index contributed by atoms with van der Waals surface area (Å²) in [4.78, 5) is 35.7. The van der Waals surface area contributed by atoms with Gasteiger partial charge in [-0.15, -0.1) is 0 Å². The van der Waals surface area contributed by atoms with Gasteiger partial charge in [-0.1, -0.05) is 0 Å². The lowest BCUT2D eigenvalue weighted by atomic mass is 10.1. The minimum atomic E-state index is -1.50. The lowest BCUT2D eigenvalue weighted by molar-refractivity contribution is -0.297. The Hall–Kier alpha value is -2.23. The molecule has 1 fully saturated rings. The SMILES string of the molecule is O=C([O-])/C=C/c1cn([C@H]2OC[C@@H](CO)[C@H]2O)c(=O)[nH]c1=O. The number of carbonyl (C=O) groups is 1. The van der Waals surface area contributed by atoms with E-state index in [1.54, 1.807) is 0 Å². The Labute approximate surface area is 117 Å². The first-order chi connectivity index (χ1) is 9.93. The lowest BCUT2D eigenvalue weighted by Crippen LogP contribution is -2.37. The summed E-state index contributed by atoms with van der Waals surface area (Å²) in [5.74, 6) is -2.04. The molecule has 9 heteroatoms. The maximum Gasteiger partial charge on any atom is 0.330 e. The molecule has 0 aromatic carbocycles. The van der Waals surface area contributed by atoms with E-state index in [1.807, 2.05) is 4.98 Å². The third kappa shape index (κ3) is 3.10. The van der Waals surface area contributed by atoms with Crippen molar-refractivity contribution in [1.82, 2.24) is 9.55 Å². The number of carboxylic acids is 1. The van der Waals surface area contributed by atoms with Gasteiger partial charge in [0.25, 0.3) is 5.56 Å². The van der Waals surface area contributed by atoms with E-state index < -0.39 is 35.5 Å². The zero-order valence-corrected chi connectivity index (χ0v) is 10.8. The number of H-pyrrole nitrogens is 1. The van der Waals surface area contributed by atoms with E-state index in [0.717, 1.165) is 16.8 Å². The van der Waals surface area contributed by atoms with Crippen molar-refractivity contribution < 1.29 is 24.9 Å². The van der Waals surface area contributed by atoms with Crippen molar-refractivity contribution in [3.8, 4) is 0 Å². The molecule has 1 aliphatic rings. The highest BCUT2D eigenvalue weighted by Crippen LogP contribution is 2.27. The molecule has 9 nitrogen and oxygen atoms in total. The maximum absolute atomic E-state index is 11.8. The van der Waals surface area contributed by atoms with Crippen molar-refractivity contribution >= 4 is 12.0 Å². The Morgan fingerprint density at radius 2 is 2.29 bits per heavy atom. The summed E-state index contributed by atoms with van der Waals surface area (Å²) in [6, 6.07) is 0. The van der Waals surface area contributed by atoms with Crippen LogP contribution in [0.15, 0.2) is 21.9 Å². The smallest absolute Gasteiger partial charge is 0.330 e. The first-order valence-electron chi connectivity index (χ1n) is 6.09. The molecule has 0 bridgehead atoms. The number of aliphatic hydroxyl groups excluding tert-OH is 2. The molecule has 0 spiro atoms. The fraction of sp³-hybridized carbons (Fsp3) is 0.417. The van der Waals surface area contributed by atoms with Crippen LogP contribution in [-0.4, -0.2) is 45.1 Å². The summed E-state index contributed by atoms with van der Waals surface area (Å²) < 4.78 is 6.18. The first-order valence-corrected chi connectivity index (χ1v) is 6.09. The van der Waals surface area contributed by atoms with Crippen LogP contribution in [0.25, 0.3) is 6.08 Å². The molecule has 0 amide bonds. The molecule has 21 heavy (non-hydrogen) atoms. The summed E-state index contributed by atoms with van der Waals surface area (Å²) in [7, 11) is 0. The van der Waals surface area contributed by atoms with Crippen molar-refractivity contribution in [1.29, 1.82) is 0 Å². The number of carboxylic acid groups (broad SMARTS) is 1. The fourth-order valence-electron chi connectivity index (χ4n) is 2.02. The molecule has 0 aliphatic carbocycles. The molecule has 2 heterocycles. The van der Waals surface area contributed by atoms with Crippen LogP contribution in [0.3, 0.4) is 0 Å². The van der Waals surface area contributed by atoms with Crippen LogP contribution in [0.4, 0.5) is 0 Å². The zero-order valence-electron chi connectivity index (χ0n) is 10.8. The van der Waals surface area contributed by atoms with Crippen LogP contribution in [0.5, 0.6) is 0 Å². The van der Waals surface area contributed by atoms with Crippen LogP contribution >= 0.6 is 0 Å². The number of hydrogen-bond acceptors (Lipinski definition) is 7. The van der Waals surface area contributed by atoms with Gasteiger partial charge in [-0.25, -0.2) is 4.79 Å². The summed E-state index contributed by atoms with van der Waals surface area (Å²) in [5.41, 5.74) is -1.70. The number of rotatable bonds is 4. The average molecular weight is 297 g/mol. The second-order valence-electron chi connectivity index (χ2n) is 4.56. The second kappa shape index (κ2) is 6.04. The van der Waals surface area contributed by atoms with Gasteiger partial charge in [0.05, 0.1) is 24.7 Å². The number of nitrogens with zero attached hydrogens (tertiary/aromatic N) is 1. The molecule has 0 saturated carbocycles. The topological polar surface area (TPSA) is 145 Å². The molecule has 2 rings (SSSR count). The molecule has 114 valence electrons. The number of carbonyl (C=O) groups excluding carboxylic acids is 1. The Balaban J connectivity index is 2.41. The standard InChI is InChI=1S/C12H14N2O7/c15-4-7-5-21-11(9(7)18)14-3-6(1-2-8(16)17)10(19)13-12(14)20/h1-3,7,9,11,15,18H,4-5H2,(H,16,17)(H,13,19,20)/p-1/b2-1+/t7-,9-,11+/m1/s1. The molecule has 3 N–H and O–H groups in total. The van der Waals surface area contributed by atoms with E-state index in [0.29, 0.717) is 6.08 Å². The molecule has 0 unspecified atom stereocenters. The average Bonchev–Trinajstić information content (AvgIpc) is 2.78. The normalized spacial score (nSPS) is 25.5. The van der Waals surface area contributed by atoms with Gasteiger partial charge in [-0.2, -0.15) is 0 Å². The van der Waals surface area contributed by atoms with E-state index in [2.05, 4.69) is 0 Å². The Morgan fingerprint density at radius 3 is 2.86 bits per heavy atom. The zero-order chi connectivity index (χ0) is 15.6. The van der Waals surface area contributed by atoms with Crippen LogP contribution in [0.2, 0.25) is 0 Å². The van der Waals surface area contributed by atoms with E-state index in [1.165, 1.54) is 0 Å². The number of hydrogen-bond donors (Lipinski definition) is 3. The van der Waals surface area contributed by atoms with Crippen LogP contribution in [-0.2, 0) is 9.53 Å². The van der Waals surface area contributed by atoms with Gasteiger partial charge in [0.1, 0.15) is 6.10 Å². The molecular weight excluding hydrogens is 284 g/mol. The Kier molecular flexibility index (Phi) is 4.36. The minimum Gasteiger partial charge on any atom is -0.545 e. The molecular formula is C12H13N2O7-. The first kappa shape index (κ1) is 15.2. The lowest BCUT2D eigenvalue weighted by Gasteiger charge is -2.18. The van der Waals surface area contributed by atoms with E-state index in [-0.39, 0.29) is 18.8 Å². The molecule has 1 aliphatic heterocycles. The third-order valence-electron chi connectivity index (χ3n) is 3.16. The highest BCUT2D eigenvalue weighted by Gasteiger charge is 2.37. The number of aliphatic carboxylic acids is 1. The number of ether oxygens (including phenoxy) is 1. The number of nitrogens with one attached hydrogen (secondary N) is 1. The van der Waals surface area contributed by atoms with Gasteiger partial charge in [-0.05, 0) is 12.2 Å². The quantitative estimate of drug-likeness (QED) is 0.496. The van der Waals surface area contributed by atoms with Crippen molar-refractivity contribution in [2.75, 3.05) is 13.2 Å². The van der Waals surface area contributed by atoms with Crippen LogP contribution in [0.1, 0.15) is 11.8 Å². The predicted molar refractivity (Wildman–Crippen MR) is 66.9 cm³/mol. The molecule has 1 saturated heterocycles. The fourth-order valence-corrected chi connectivity index (χ4v) is 2.02. The summed E-state index contributed by atoms with van der Waals surface area (Å²) in [6.45, 7) is -0.259. The molecule has 3 atom stereocenters. The van der Waals surface area contributed by atoms with E-state index in [4.69, 9.17) is 9.84 Å². The van der Waals surface area contributed by atoms with Gasteiger partial charge in [0, 0.05) is 12.1 Å². The highest BCUT2D eigenvalue weighted by atomic mass is 16.5. The van der Waals surface area contributed by atoms with Crippen molar-refractivity contribution in [3.63, 3.8) is 0 Å². The summed E-state index contributed by atoms with van der Waals surface area (Å²) >= 11 is 0. The van der Waals surface area contributed by atoms with E-state index in [9.17, 15) is 24.6 Å². The van der Waals surface area contributed by atoms with Crippen LogP contribution < -0.4 is 16.4 Å². The highest BCUT2D eigenvalue weighted by molar-refractivity contribution is 5.83. The monoisotopic (exact) mass is 297 g/mol. The van der Waals surface area contributed by atoms with Gasteiger partial charge in [-0.3, -0.25) is 14.3 Å². The second-order valence-corrected chi connectivity index (χ2v) is 4.56. The third-order valence-corrected chi connectivity index (χ3v) is 3.16. The van der Waals surface area contributed by atoms with Crippen LogP contribution in [0, 0.1) is 5.92 Å². The molecule has 1 aromatic heterocycles. The largest absolute Gasteiger partial charge is 0.545 e. The van der Waals surface area contributed by atoms with Crippen molar-refractivity contribution in [2.45, 2.75) is 12.3 Å². The van der Waals surface area contributed by atoms with Crippen molar-refractivity contribution in [2.24, 2.45) is 5.92 Å². The number of aromatic nitrogens is 2. The number of aromatic amines is 1. The Bertz CT molecular complexity index is 675. The van der Waals surface area contributed by atoms with Crippen molar-refractivity contribution in [3.05, 3.63) is 38.7 Å². The van der Waals surface area contributed by atoms with E-state index >= 15 is 0 Å². The number of aliphatic hydroxyl groups is 2. The summed E-state index contributed by atoms with van der Waals surface area (Å²) in [6.07, 6.45) is 0.489. The maximum atomic E-state index is 11.8. The minimum absolute atomic E-state index is 0.0537. The Morgan fingerprint density at radius 1 is 1.57 bits per heavy atom. The van der Waals surface area contributed by atoms with Gasteiger partial charge >= 0.3 is 5.69 Å². The van der Waals surface area contributed by atoms with Gasteiger partial charge in [0.15, 0.2) is 6.23 Å². The molecule has 1 aromatic rings. The molecule has 0 radical (unpaired) electrons. The predicted octanol–water partition coefficient (Wildman–Crippen LogP) is -3.20. The van der Waals surface area contributed by atoms with Gasteiger partial charge < -0.3 is 24.9 Å². The van der Waals surface area contributed by atoms with Gasteiger partial charge in [0.2, 0.25) is 0 Å².